The lowest BCUT2D eigenvalue weighted by Gasteiger charge is -1.94. The van der Waals surface area contributed by atoms with E-state index in [0.29, 0.717) is 0 Å². The molecular weight excluding hydrogens is 206 g/mol. The van der Waals surface area contributed by atoms with Crippen molar-refractivity contribution in [2.45, 2.75) is 0 Å². The zero-order valence-electron chi connectivity index (χ0n) is 9.35. The number of anilines is 1. The van der Waals surface area contributed by atoms with E-state index in [1.54, 1.807) is 0 Å². The number of carbonyl (C=O) groups is 1. The van der Waals surface area contributed by atoms with Crippen molar-refractivity contribution in [2.75, 3.05) is 25.6 Å². The molecule has 0 saturated carbocycles. The van der Waals surface area contributed by atoms with Crippen LogP contribution in [-0.2, 0) is 9.53 Å². The third-order valence-corrected chi connectivity index (χ3v) is 1.56. The third-order valence-electron chi connectivity index (χ3n) is 1.56. The molecule has 0 amide bonds. The molecule has 0 unspecified atom stereocenters. The van der Waals surface area contributed by atoms with Gasteiger partial charge in [0.1, 0.15) is 6.61 Å². The number of ether oxygens (including phenoxy) is 1. The number of aliphatic hydroxyl groups excluding tert-OH is 1. The van der Waals surface area contributed by atoms with Crippen molar-refractivity contribution in [1.82, 2.24) is 0 Å². The van der Waals surface area contributed by atoms with E-state index in [9.17, 15) is 4.79 Å². The molecule has 2 N–H and O–H groups in total. The summed E-state index contributed by atoms with van der Waals surface area (Å²) >= 11 is 0. The minimum absolute atomic E-state index is 0.0465. The van der Waals surface area contributed by atoms with E-state index in [4.69, 9.17) is 5.11 Å². The van der Waals surface area contributed by atoms with Gasteiger partial charge in [0.15, 0.2) is 0 Å². The largest absolute Gasteiger partial charge is 0.460 e. The summed E-state index contributed by atoms with van der Waals surface area (Å²) in [5.74, 6) is -0.501. The first-order valence-corrected chi connectivity index (χ1v) is 4.87. The van der Waals surface area contributed by atoms with Gasteiger partial charge in [0.25, 0.3) is 0 Å². The van der Waals surface area contributed by atoms with Crippen molar-refractivity contribution in [2.24, 2.45) is 0 Å². The van der Waals surface area contributed by atoms with Gasteiger partial charge in [0.05, 0.1) is 6.61 Å². The van der Waals surface area contributed by atoms with Gasteiger partial charge in [-0.1, -0.05) is 24.8 Å². The zero-order valence-corrected chi connectivity index (χ0v) is 9.35. The topological polar surface area (TPSA) is 58.6 Å². The van der Waals surface area contributed by atoms with Crippen LogP contribution in [-0.4, -0.2) is 31.3 Å². The van der Waals surface area contributed by atoms with Gasteiger partial charge in [0, 0.05) is 18.8 Å². The molecule has 4 nitrogen and oxygen atoms in total. The zero-order chi connectivity index (χ0) is 12.2. The maximum absolute atomic E-state index is 10.1. The van der Waals surface area contributed by atoms with Gasteiger partial charge in [-0.15, -0.1) is 0 Å². The normalized spacial score (nSPS) is 8.38. The predicted molar refractivity (Wildman–Crippen MR) is 64.2 cm³/mol. The summed E-state index contributed by atoms with van der Waals surface area (Å²) in [5.41, 5.74) is 1.16. The Kier molecular flexibility index (Phi) is 8.63. The smallest absolute Gasteiger partial charge is 0.330 e. The number of hydrogen-bond donors (Lipinski definition) is 2. The van der Waals surface area contributed by atoms with Crippen molar-refractivity contribution >= 4 is 11.7 Å². The highest BCUT2D eigenvalue weighted by atomic mass is 16.5. The molecule has 0 aliphatic rings. The van der Waals surface area contributed by atoms with Crippen molar-refractivity contribution in [3.63, 3.8) is 0 Å². The van der Waals surface area contributed by atoms with Crippen molar-refractivity contribution in [3.8, 4) is 0 Å². The quantitative estimate of drug-likeness (QED) is 0.599. The number of para-hydroxylation sites is 1. The number of rotatable bonds is 4. The predicted octanol–water partition coefficient (Wildman–Crippen LogP) is 1.44. The van der Waals surface area contributed by atoms with Crippen LogP contribution < -0.4 is 5.32 Å². The van der Waals surface area contributed by atoms with Crippen LogP contribution in [0.2, 0.25) is 0 Å². The van der Waals surface area contributed by atoms with Gasteiger partial charge in [-0.3, -0.25) is 0 Å². The second-order valence-corrected chi connectivity index (χ2v) is 2.71. The highest BCUT2D eigenvalue weighted by molar-refractivity contribution is 5.81. The van der Waals surface area contributed by atoms with Crippen molar-refractivity contribution < 1.29 is 14.6 Å². The first kappa shape index (κ1) is 14.2. The molecule has 16 heavy (non-hydrogen) atoms. The third kappa shape index (κ3) is 7.58. The maximum Gasteiger partial charge on any atom is 0.330 e. The summed E-state index contributed by atoms with van der Waals surface area (Å²) in [6.45, 7) is 3.06. The van der Waals surface area contributed by atoms with E-state index in [1.165, 1.54) is 0 Å². The maximum atomic E-state index is 10.1. The second kappa shape index (κ2) is 9.73. The van der Waals surface area contributed by atoms with Crippen LogP contribution in [0.15, 0.2) is 43.0 Å². The van der Waals surface area contributed by atoms with Crippen LogP contribution in [0.4, 0.5) is 5.69 Å². The first-order chi connectivity index (χ1) is 7.74. The number of benzene rings is 1. The van der Waals surface area contributed by atoms with Crippen LogP contribution in [0.5, 0.6) is 0 Å². The molecule has 0 saturated heterocycles. The number of esters is 1. The summed E-state index contributed by atoms with van der Waals surface area (Å²) in [4.78, 5) is 10.1. The van der Waals surface area contributed by atoms with E-state index < -0.39 is 5.97 Å². The SMILES string of the molecule is C=CC(=O)OCCO.CNc1ccccc1. The Labute approximate surface area is 95.6 Å². The molecule has 4 heteroatoms. The Balaban J connectivity index is 0.000000281. The van der Waals surface area contributed by atoms with Crippen LogP contribution in [0.25, 0.3) is 0 Å². The molecule has 0 aliphatic heterocycles. The number of nitrogens with one attached hydrogen (secondary N) is 1. The molecule has 0 spiro atoms. The minimum Gasteiger partial charge on any atom is -0.460 e. The van der Waals surface area contributed by atoms with Crippen LogP contribution >= 0.6 is 0 Å². The van der Waals surface area contributed by atoms with Gasteiger partial charge >= 0.3 is 5.97 Å². The number of hydrogen-bond acceptors (Lipinski definition) is 4. The van der Waals surface area contributed by atoms with Gasteiger partial charge in [0.2, 0.25) is 0 Å². The van der Waals surface area contributed by atoms with E-state index in [2.05, 4.69) is 16.6 Å². The van der Waals surface area contributed by atoms with Gasteiger partial charge in [-0.2, -0.15) is 0 Å². The van der Waals surface area contributed by atoms with Gasteiger partial charge in [-0.25, -0.2) is 4.79 Å². The molecule has 88 valence electrons. The molecule has 1 rings (SSSR count). The summed E-state index contributed by atoms with van der Waals surface area (Å²) < 4.78 is 4.33. The average molecular weight is 223 g/mol. The van der Waals surface area contributed by atoms with Crippen molar-refractivity contribution in [3.05, 3.63) is 43.0 Å². The number of aliphatic hydroxyl groups is 1. The Morgan fingerprint density at radius 3 is 2.50 bits per heavy atom. The monoisotopic (exact) mass is 223 g/mol. The fourth-order valence-electron chi connectivity index (χ4n) is 0.810. The molecule has 1 aromatic carbocycles. The summed E-state index contributed by atoms with van der Waals surface area (Å²) in [5, 5.41) is 11.1. The molecule has 0 aromatic heterocycles. The lowest BCUT2D eigenvalue weighted by molar-refractivity contribution is -0.138. The highest BCUT2D eigenvalue weighted by Crippen LogP contribution is 2.01. The molecule has 1 aromatic rings. The van der Waals surface area contributed by atoms with Crippen molar-refractivity contribution in [1.29, 1.82) is 0 Å². The fraction of sp³-hybridized carbons (Fsp3) is 0.250. The van der Waals surface area contributed by atoms with Gasteiger partial charge < -0.3 is 15.2 Å². The second-order valence-electron chi connectivity index (χ2n) is 2.71. The lowest BCUT2D eigenvalue weighted by atomic mass is 10.3. The Morgan fingerprint density at radius 2 is 2.12 bits per heavy atom. The Morgan fingerprint density at radius 1 is 1.50 bits per heavy atom. The molecule has 0 bridgehead atoms. The van der Waals surface area contributed by atoms with E-state index >= 15 is 0 Å². The number of carbonyl (C=O) groups excluding carboxylic acids is 1. The first-order valence-electron chi connectivity index (χ1n) is 4.87. The summed E-state index contributed by atoms with van der Waals surface area (Å²) in [6, 6.07) is 10.1. The molecule has 0 aliphatic carbocycles. The van der Waals surface area contributed by atoms with Gasteiger partial charge in [-0.05, 0) is 12.1 Å². The standard InChI is InChI=1S/C7H9N.C5H8O3/c1-8-7-5-3-2-4-6-7;1-2-5(7)8-4-3-6/h2-6,8H,1H3;2,6H,1,3-4H2. The van der Waals surface area contributed by atoms with Crippen LogP contribution in [0.3, 0.4) is 0 Å². The van der Waals surface area contributed by atoms with E-state index in [0.717, 1.165) is 11.8 Å². The Hall–Kier alpha value is -1.81. The summed E-state index contributed by atoms with van der Waals surface area (Å²) in [6.07, 6.45) is 1.05. The average Bonchev–Trinajstić information content (AvgIpc) is 2.37. The van der Waals surface area contributed by atoms with E-state index in [-0.39, 0.29) is 13.2 Å². The molecule has 0 heterocycles. The summed E-state index contributed by atoms with van der Waals surface area (Å²) in [7, 11) is 1.91. The molecule has 0 atom stereocenters. The molecular formula is C12H17NO3. The van der Waals surface area contributed by atoms with Crippen LogP contribution in [0.1, 0.15) is 0 Å². The highest BCUT2D eigenvalue weighted by Gasteiger charge is 1.90. The van der Waals surface area contributed by atoms with E-state index in [1.807, 2.05) is 37.4 Å². The fourth-order valence-corrected chi connectivity index (χ4v) is 0.810. The lowest BCUT2D eigenvalue weighted by Crippen LogP contribution is -2.04. The van der Waals surface area contributed by atoms with Crippen LogP contribution in [0, 0.1) is 0 Å². The Bertz CT molecular complexity index is 298. The minimum atomic E-state index is -0.501. The molecule has 0 fully saturated rings. The molecule has 0 radical (unpaired) electrons.